The number of hydrogen-bond acceptors (Lipinski definition) is 3. The minimum absolute atomic E-state index is 0.135. The van der Waals surface area contributed by atoms with Gasteiger partial charge in [0.1, 0.15) is 5.82 Å². The van der Waals surface area contributed by atoms with Crippen LogP contribution < -0.4 is 5.73 Å². The van der Waals surface area contributed by atoms with Gasteiger partial charge in [-0.2, -0.15) is 0 Å². The van der Waals surface area contributed by atoms with E-state index in [9.17, 15) is 4.39 Å². The van der Waals surface area contributed by atoms with E-state index >= 15 is 0 Å². The molecule has 2 aliphatic rings. The molecule has 2 aliphatic heterocycles. The van der Waals surface area contributed by atoms with E-state index in [1.54, 1.807) is 6.07 Å². The first-order valence-corrected chi connectivity index (χ1v) is 8.20. The van der Waals surface area contributed by atoms with Crippen molar-refractivity contribution >= 4 is 11.6 Å². The summed E-state index contributed by atoms with van der Waals surface area (Å²) >= 11 is 5.91. The van der Waals surface area contributed by atoms with Crippen molar-refractivity contribution in [3.05, 3.63) is 34.6 Å². The number of rotatable bonds is 4. The average molecular weight is 312 g/mol. The van der Waals surface area contributed by atoms with Gasteiger partial charge in [-0.05, 0) is 50.0 Å². The fourth-order valence-corrected chi connectivity index (χ4v) is 3.86. The van der Waals surface area contributed by atoms with Gasteiger partial charge in [-0.25, -0.2) is 4.39 Å². The number of nitrogens with two attached hydrogens (primary N) is 1. The van der Waals surface area contributed by atoms with E-state index in [0.29, 0.717) is 12.6 Å². The summed E-state index contributed by atoms with van der Waals surface area (Å²) < 4.78 is 13.3. The summed E-state index contributed by atoms with van der Waals surface area (Å²) in [5.74, 6) is -0.368. The van der Waals surface area contributed by atoms with Crippen molar-refractivity contribution < 1.29 is 4.39 Å². The van der Waals surface area contributed by atoms with E-state index in [0.717, 1.165) is 18.7 Å². The molecule has 3 rings (SSSR count). The number of benzene rings is 1. The van der Waals surface area contributed by atoms with Gasteiger partial charge >= 0.3 is 0 Å². The number of halogens is 2. The van der Waals surface area contributed by atoms with Gasteiger partial charge in [-0.3, -0.25) is 9.80 Å². The molecular weight excluding hydrogens is 289 g/mol. The fourth-order valence-electron chi connectivity index (χ4n) is 3.67. The highest BCUT2D eigenvalue weighted by molar-refractivity contribution is 6.30. The Morgan fingerprint density at radius 1 is 1.29 bits per heavy atom. The Labute approximate surface area is 130 Å². The highest BCUT2D eigenvalue weighted by Crippen LogP contribution is 2.29. The molecule has 0 amide bonds. The summed E-state index contributed by atoms with van der Waals surface area (Å²) in [7, 11) is 0. The zero-order valence-electron chi connectivity index (χ0n) is 12.3. The molecule has 116 valence electrons. The topological polar surface area (TPSA) is 32.5 Å². The van der Waals surface area contributed by atoms with Crippen LogP contribution in [-0.4, -0.2) is 48.6 Å². The second-order valence-corrected chi connectivity index (χ2v) is 6.51. The summed E-state index contributed by atoms with van der Waals surface area (Å²) in [5.41, 5.74) is 7.00. The first-order chi connectivity index (χ1) is 10.2. The third kappa shape index (κ3) is 3.24. The molecule has 0 bridgehead atoms. The predicted molar refractivity (Wildman–Crippen MR) is 84.0 cm³/mol. The summed E-state index contributed by atoms with van der Waals surface area (Å²) in [4.78, 5) is 5.03. The molecule has 2 fully saturated rings. The zero-order chi connectivity index (χ0) is 14.8. The Morgan fingerprint density at radius 3 is 2.71 bits per heavy atom. The van der Waals surface area contributed by atoms with Crippen molar-refractivity contribution in [1.29, 1.82) is 0 Å². The van der Waals surface area contributed by atoms with Gasteiger partial charge in [0.15, 0.2) is 0 Å². The number of hydrogen-bond donors (Lipinski definition) is 1. The first-order valence-electron chi connectivity index (χ1n) is 7.82. The molecule has 0 radical (unpaired) electrons. The van der Waals surface area contributed by atoms with Crippen molar-refractivity contribution in [3.63, 3.8) is 0 Å². The van der Waals surface area contributed by atoms with E-state index in [4.69, 9.17) is 17.3 Å². The van der Waals surface area contributed by atoms with Gasteiger partial charge < -0.3 is 5.73 Å². The maximum absolute atomic E-state index is 13.3. The molecule has 2 N–H and O–H groups in total. The smallest absolute Gasteiger partial charge is 0.141 e. The Bertz CT molecular complexity index is 490. The van der Waals surface area contributed by atoms with Crippen LogP contribution in [0.1, 0.15) is 30.9 Å². The van der Waals surface area contributed by atoms with Crippen LogP contribution in [0, 0.1) is 5.82 Å². The predicted octanol–water partition coefficient (Wildman–Crippen LogP) is 2.65. The van der Waals surface area contributed by atoms with Crippen molar-refractivity contribution in [1.82, 2.24) is 9.80 Å². The lowest BCUT2D eigenvalue weighted by Gasteiger charge is -2.29. The Morgan fingerprint density at radius 2 is 2.05 bits per heavy atom. The number of nitrogens with zero attached hydrogens (tertiary/aromatic N) is 2. The van der Waals surface area contributed by atoms with Crippen molar-refractivity contribution in [3.8, 4) is 0 Å². The number of likely N-dealkylation sites (tertiary alicyclic amines) is 2. The van der Waals surface area contributed by atoms with Crippen LogP contribution in [-0.2, 0) is 0 Å². The molecule has 0 saturated carbocycles. The minimum atomic E-state index is -0.368. The molecule has 1 aromatic rings. The molecule has 2 saturated heterocycles. The van der Waals surface area contributed by atoms with Gasteiger partial charge in [0, 0.05) is 31.7 Å². The summed E-state index contributed by atoms with van der Waals surface area (Å²) in [6.07, 6.45) is 3.85. The van der Waals surface area contributed by atoms with E-state index < -0.39 is 0 Å². The highest BCUT2D eigenvalue weighted by Gasteiger charge is 2.32. The van der Waals surface area contributed by atoms with E-state index in [1.165, 1.54) is 38.4 Å². The SMILES string of the molecule is NCC(c1ccc(F)c(Cl)c1)N1CCC(N2CCCC2)C1. The zero-order valence-corrected chi connectivity index (χ0v) is 13.0. The molecule has 2 atom stereocenters. The van der Waals surface area contributed by atoms with Crippen molar-refractivity contribution in [2.24, 2.45) is 5.73 Å². The molecule has 5 heteroatoms. The van der Waals surface area contributed by atoms with Gasteiger partial charge in [-0.1, -0.05) is 17.7 Å². The van der Waals surface area contributed by atoms with Gasteiger partial charge in [-0.15, -0.1) is 0 Å². The van der Waals surface area contributed by atoms with Crippen LogP contribution in [0.15, 0.2) is 18.2 Å². The molecule has 2 unspecified atom stereocenters. The van der Waals surface area contributed by atoms with Crippen LogP contribution in [0.25, 0.3) is 0 Å². The summed E-state index contributed by atoms with van der Waals surface area (Å²) in [5, 5.41) is 0.182. The highest BCUT2D eigenvalue weighted by atomic mass is 35.5. The maximum atomic E-state index is 13.3. The largest absolute Gasteiger partial charge is 0.329 e. The third-order valence-electron chi connectivity index (χ3n) is 4.84. The van der Waals surface area contributed by atoms with Gasteiger partial charge in [0.25, 0.3) is 0 Å². The van der Waals surface area contributed by atoms with Gasteiger partial charge in [0.05, 0.1) is 5.02 Å². The lowest BCUT2D eigenvalue weighted by molar-refractivity contribution is 0.203. The lowest BCUT2D eigenvalue weighted by Crippen LogP contribution is -2.38. The Balaban J connectivity index is 1.70. The Kier molecular flexibility index (Phi) is 4.79. The van der Waals surface area contributed by atoms with Crippen molar-refractivity contribution in [2.75, 3.05) is 32.7 Å². The molecule has 0 aromatic heterocycles. The molecule has 2 heterocycles. The Hall–Kier alpha value is -0.680. The molecule has 0 spiro atoms. The molecule has 1 aromatic carbocycles. The molecule has 0 aliphatic carbocycles. The fraction of sp³-hybridized carbons (Fsp3) is 0.625. The summed E-state index contributed by atoms with van der Waals surface area (Å²) in [6.45, 7) is 5.10. The van der Waals surface area contributed by atoms with Crippen molar-refractivity contribution in [2.45, 2.75) is 31.3 Å². The minimum Gasteiger partial charge on any atom is -0.329 e. The monoisotopic (exact) mass is 311 g/mol. The molecule has 3 nitrogen and oxygen atoms in total. The second-order valence-electron chi connectivity index (χ2n) is 6.11. The van der Waals surface area contributed by atoms with E-state index in [1.807, 2.05) is 6.07 Å². The first kappa shape index (κ1) is 15.2. The normalized spacial score (nSPS) is 25.6. The van der Waals surface area contributed by atoms with E-state index in [-0.39, 0.29) is 16.9 Å². The summed E-state index contributed by atoms with van der Waals surface area (Å²) in [6, 6.07) is 5.75. The van der Waals surface area contributed by atoms with Gasteiger partial charge in [0.2, 0.25) is 0 Å². The van der Waals surface area contributed by atoms with Crippen LogP contribution in [0.4, 0.5) is 4.39 Å². The molecular formula is C16H23ClFN3. The van der Waals surface area contributed by atoms with Crippen LogP contribution in [0.5, 0.6) is 0 Å². The standard InChI is InChI=1S/C16H23ClFN3/c17-14-9-12(3-4-15(14)18)16(10-19)21-8-5-13(11-21)20-6-1-2-7-20/h3-4,9,13,16H,1-2,5-8,10-11,19H2. The molecule has 21 heavy (non-hydrogen) atoms. The average Bonchev–Trinajstić information content (AvgIpc) is 3.14. The third-order valence-corrected chi connectivity index (χ3v) is 5.13. The van der Waals surface area contributed by atoms with E-state index in [2.05, 4.69) is 9.80 Å². The van der Waals surface area contributed by atoms with Crippen LogP contribution >= 0.6 is 11.6 Å². The van der Waals surface area contributed by atoms with Crippen LogP contribution in [0.3, 0.4) is 0 Å². The second kappa shape index (κ2) is 6.61. The van der Waals surface area contributed by atoms with Crippen LogP contribution in [0.2, 0.25) is 5.02 Å². The maximum Gasteiger partial charge on any atom is 0.141 e. The quantitative estimate of drug-likeness (QED) is 0.928. The lowest BCUT2D eigenvalue weighted by atomic mass is 10.1.